The minimum atomic E-state index is -3.83. The highest BCUT2D eigenvalue weighted by atomic mass is 32.2. The largest absolute Gasteiger partial charge is 0.619 e. The number of carbonyl (C=O) groups excluding carboxylic acids is 1. The summed E-state index contributed by atoms with van der Waals surface area (Å²) in [4.78, 5) is 29.0. The van der Waals surface area contributed by atoms with E-state index in [1.165, 1.54) is 24.5 Å². The lowest BCUT2D eigenvalue weighted by molar-refractivity contribution is -0.606. The second-order valence-electron chi connectivity index (χ2n) is 8.20. The number of para-hydroxylation sites is 1. The molecule has 0 bridgehead atoms. The van der Waals surface area contributed by atoms with Gasteiger partial charge in [0.2, 0.25) is 0 Å². The summed E-state index contributed by atoms with van der Waals surface area (Å²) in [6.45, 7) is 3.41. The molecular formula is C23H21N3O5S. The number of amides is 1. The number of benzene rings is 2. The number of hydrogen-bond donors (Lipinski definition) is 2. The molecule has 2 aromatic carbocycles. The van der Waals surface area contributed by atoms with Gasteiger partial charge in [-0.25, -0.2) is 8.42 Å². The van der Waals surface area contributed by atoms with Crippen molar-refractivity contribution in [2.45, 2.75) is 24.3 Å². The van der Waals surface area contributed by atoms with Gasteiger partial charge in [0.15, 0.2) is 27.7 Å². The van der Waals surface area contributed by atoms with E-state index in [-0.39, 0.29) is 21.3 Å². The minimum absolute atomic E-state index is 0.0927. The normalized spacial score (nSPS) is 12.2. The van der Waals surface area contributed by atoms with Gasteiger partial charge < -0.3 is 15.5 Å². The monoisotopic (exact) mass is 451 g/mol. The number of fused-ring (bicyclic) bond motifs is 2. The number of nitrogens with zero attached hydrogens (tertiary/aromatic N) is 1. The first-order chi connectivity index (χ1) is 15.0. The number of pyridine rings is 2. The number of aromatic amines is 1. The second-order valence-corrected chi connectivity index (χ2v) is 10.2. The van der Waals surface area contributed by atoms with Gasteiger partial charge in [-0.05, 0) is 44.2 Å². The zero-order valence-corrected chi connectivity index (χ0v) is 18.5. The molecule has 32 heavy (non-hydrogen) atoms. The Kier molecular flexibility index (Phi) is 5.01. The highest BCUT2D eigenvalue weighted by Crippen LogP contribution is 2.25. The molecule has 0 aliphatic rings. The van der Waals surface area contributed by atoms with Gasteiger partial charge in [-0.3, -0.25) is 9.59 Å². The summed E-state index contributed by atoms with van der Waals surface area (Å²) < 4.78 is 25.7. The maximum absolute atomic E-state index is 13.2. The summed E-state index contributed by atoms with van der Waals surface area (Å²) >= 11 is 0. The summed E-state index contributed by atoms with van der Waals surface area (Å²) in [5.74, 6) is -0.646. The molecule has 2 heterocycles. The van der Waals surface area contributed by atoms with Crippen LogP contribution in [0, 0.1) is 5.21 Å². The van der Waals surface area contributed by atoms with E-state index in [1.54, 1.807) is 50.2 Å². The molecule has 0 aliphatic heterocycles. The quantitative estimate of drug-likeness (QED) is 0.280. The van der Waals surface area contributed by atoms with E-state index in [0.29, 0.717) is 26.7 Å². The van der Waals surface area contributed by atoms with Gasteiger partial charge in [0.1, 0.15) is 0 Å². The Labute approximate surface area is 184 Å². The average molecular weight is 452 g/mol. The molecule has 1 amide bonds. The molecule has 2 aromatic heterocycles. The Hall–Kier alpha value is -3.72. The Morgan fingerprint density at radius 1 is 1.06 bits per heavy atom. The molecule has 4 aromatic rings. The molecule has 0 spiro atoms. The SMILES string of the molecule is CC(C)(NC(=O)c1cc2[nH]c3ccccc3c(=O)c2cc1S(C)(=O)=O)c1ccc[n+]([O-])c1. The molecule has 8 nitrogen and oxygen atoms in total. The standard InChI is InChI=1S/C23H21N3O5S/c1-23(2,14-7-6-10-26(29)13-14)25-22(28)17-11-19-16(12-20(17)32(3,30)31)21(27)15-8-4-5-9-18(15)24-19/h4-13H,1-3H3,(H,24,27)(H,25,28). The average Bonchev–Trinajstić information content (AvgIpc) is 2.72. The van der Waals surface area contributed by atoms with Crippen LogP contribution >= 0.6 is 0 Å². The van der Waals surface area contributed by atoms with Gasteiger partial charge in [0, 0.05) is 34.2 Å². The van der Waals surface area contributed by atoms with Crippen LogP contribution in [0.25, 0.3) is 21.8 Å². The van der Waals surface area contributed by atoms with Crippen molar-refractivity contribution in [1.82, 2.24) is 10.3 Å². The van der Waals surface area contributed by atoms with E-state index in [4.69, 9.17) is 0 Å². The predicted molar refractivity (Wildman–Crippen MR) is 121 cm³/mol. The summed E-state index contributed by atoms with van der Waals surface area (Å²) in [6, 6.07) is 12.7. The van der Waals surface area contributed by atoms with E-state index < -0.39 is 21.3 Å². The lowest BCUT2D eigenvalue weighted by atomic mass is 9.95. The third-order valence-electron chi connectivity index (χ3n) is 5.37. The molecule has 164 valence electrons. The smallest absolute Gasteiger partial charge is 0.253 e. The van der Waals surface area contributed by atoms with E-state index in [9.17, 15) is 23.2 Å². The van der Waals surface area contributed by atoms with Crippen LogP contribution in [0.3, 0.4) is 0 Å². The van der Waals surface area contributed by atoms with Crippen molar-refractivity contribution in [3.63, 3.8) is 0 Å². The van der Waals surface area contributed by atoms with Crippen LogP contribution < -0.4 is 15.5 Å². The van der Waals surface area contributed by atoms with Crippen molar-refractivity contribution in [1.29, 1.82) is 0 Å². The van der Waals surface area contributed by atoms with Crippen molar-refractivity contribution in [3.05, 3.63) is 87.5 Å². The zero-order valence-electron chi connectivity index (χ0n) is 17.7. The molecule has 0 unspecified atom stereocenters. The summed E-state index contributed by atoms with van der Waals surface area (Å²) in [5, 5.41) is 15.1. The zero-order chi connectivity index (χ0) is 23.3. The van der Waals surface area contributed by atoms with Gasteiger partial charge in [0.05, 0.1) is 21.5 Å². The minimum Gasteiger partial charge on any atom is -0.619 e. The van der Waals surface area contributed by atoms with E-state index in [2.05, 4.69) is 10.3 Å². The summed E-state index contributed by atoms with van der Waals surface area (Å²) in [5.41, 5.74) is 0.0878. The van der Waals surface area contributed by atoms with Crippen LogP contribution in [-0.2, 0) is 15.4 Å². The van der Waals surface area contributed by atoms with Gasteiger partial charge >= 0.3 is 0 Å². The lowest BCUT2D eigenvalue weighted by Crippen LogP contribution is -2.43. The molecule has 0 fully saturated rings. The maximum Gasteiger partial charge on any atom is 0.253 e. The van der Waals surface area contributed by atoms with Crippen molar-refractivity contribution < 1.29 is 17.9 Å². The summed E-state index contributed by atoms with van der Waals surface area (Å²) in [7, 11) is -3.83. The van der Waals surface area contributed by atoms with Gasteiger partial charge in [-0.2, -0.15) is 4.73 Å². The predicted octanol–water partition coefficient (Wildman–Crippen LogP) is 2.38. The Balaban J connectivity index is 1.89. The first-order valence-electron chi connectivity index (χ1n) is 9.78. The van der Waals surface area contributed by atoms with Crippen molar-refractivity contribution >= 4 is 37.6 Å². The molecule has 0 saturated carbocycles. The molecule has 0 radical (unpaired) electrons. The number of rotatable bonds is 4. The molecular weight excluding hydrogens is 430 g/mol. The third kappa shape index (κ3) is 3.82. The fourth-order valence-corrected chi connectivity index (χ4v) is 4.57. The lowest BCUT2D eigenvalue weighted by Gasteiger charge is -2.26. The van der Waals surface area contributed by atoms with Gasteiger partial charge in [-0.15, -0.1) is 0 Å². The number of sulfone groups is 1. The van der Waals surface area contributed by atoms with Crippen LogP contribution in [0.5, 0.6) is 0 Å². The van der Waals surface area contributed by atoms with Gasteiger partial charge in [-0.1, -0.05) is 12.1 Å². The van der Waals surface area contributed by atoms with Crippen molar-refractivity contribution in [2.75, 3.05) is 6.26 Å². The molecule has 0 atom stereocenters. The number of hydrogen-bond acceptors (Lipinski definition) is 5. The number of nitrogens with one attached hydrogen (secondary N) is 2. The fraction of sp³-hybridized carbons (Fsp3) is 0.174. The van der Waals surface area contributed by atoms with Gasteiger partial charge in [0.25, 0.3) is 5.91 Å². The van der Waals surface area contributed by atoms with E-state index >= 15 is 0 Å². The molecule has 0 aliphatic carbocycles. The number of H-pyrrole nitrogens is 1. The highest BCUT2D eigenvalue weighted by Gasteiger charge is 2.29. The van der Waals surface area contributed by atoms with Crippen LogP contribution in [0.4, 0.5) is 0 Å². The first-order valence-corrected chi connectivity index (χ1v) is 11.7. The molecule has 9 heteroatoms. The topological polar surface area (TPSA) is 123 Å². The van der Waals surface area contributed by atoms with Crippen molar-refractivity contribution in [3.8, 4) is 0 Å². The summed E-state index contributed by atoms with van der Waals surface area (Å²) in [6.07, 6.45) is 3.65. The molecule has 0 saturated heterocycles. The Morgan fingerprint density at radius 2 is 1.78 bits per heavy atom. The Bertz CT molecular complexity index is 1560. The number of carbonyl (C=O) groups is 1. The molecule has 4 rings (SSSR count). The third-order valence-corrected chi connectivity index (χ3v) is 6.51. The first kappa shape index (κ1) is 21.5. The highest BCUT2D eigenvalue weighted by molar-refractivity contribution is 7.90. The second kappa shape index (κ2) is 7.45. The molecule has 2 N–H and O–H groups in total. The fourth-order valence-electron chi connectivity index (χ4n) is 3.68. The number of aromatic nitrogens is 2. The van der Waals surface area contributed by atoms with Crippen LogP contribution in [0.2, 0.25) is 0 Å². The van der Waals surface area contributed by atoms with Crippen LogP contribution in [0.1, 0.15) is 29.8 Å². The van der Waals surface area contributed by atoms with E-state index in [1.807, 2.05) is 0 Å². The van der Waals surface area contributed by atoms with Crippen LogP contribution in [0.15, 0.2) is 70.6 Å². The van der Waals surface area contributed by atoms with Crippen LogP contribution in [-0.4, -0.2) is 25.6 Å². The Morgan fingerprint density at radius 3 is 2.47 bits per heavy atom. The van der Waals surface area contributed by atoms with E-state index in [0.717, 1.165) is 6.26 Å². The maximum atomic E-state index is 13.2. The van der Waals surface area contributed by atoms with Crippen molar-refractivity contribution in [2.24, 2.45) is 0 Å².